The summed E-state index contributed by atoms with van der Waals surface area (Å²) in [6.45, 7) is 0. The fourth-order valence-corrected chi connectivity index (χ4v) is 1.89. The summed E-state index contributed by atoms with van der Waals surface area (Å²) in [5, 5.41) is 8.75. The Bertz CT molecular complexity index is 718. The molecule has 110 valence electrons. The molecule has 0 unspecified atom stereocenters. The number of carbonyl (C=O) groups is 1. The van der Waals surface area contributed by atoms with Crippen LogP contribution in [0.4, 0.5) is 0 Å². The molecule has 4 nitrogen and oxygen atoms in total. The summed E-state index contributed by atoms with van der Waals surface area (Å²) in [6.07, 6.45) is 3.19. The van der Waals surface area contributed by atoms with Gasteiger partial charge in [0.2, 0.25) is 0 Å². The lowest BCUT2D eigenvalue weighted by atomic mass is 10.1. The zero-order chi connectivity index (χ0) is 15.9. The van der Waals surface area contributed by atoms with Gasteiger partial charge in [0.05, 0.1) is 25.9 Å². The second kappa shape index (κ2) is 7.09. The quantitative estimate of drug-likeness (QED) is 0.625. The van der Waals surface area contributed by atoms with E-state index in [2.05, 4.69) is 6.07 Å². The van der Waals surface area contributed by atoms with Gasteiger partial charge in [-0.25, -0.2) is 0 Å². The van der Waals surface area contributed by atoms with Crippen LogP contribution in [0.25, 0.3) is 6.08 Å². The molecular weight excluding hydrogens is 278 g/mol. The monoisotopic (exact) mass is 293 g/mol. The Kier molecular flexibility index (Phi) is 4.94. The molecule has 0 aliphatic rings. The van der Waals surface area contributed by atoms with Crippen LogP contribution in [0.2, 0.25) is 0 Å². The Balaban J connectivity index is 2.20. The van der Waals surface area contributed by atoms with Crippen LogP contribution in [-0.4, -0.2) is 20.0 Å². The Morgan fingerprint density at radius 2 is 1.64 bits per heavy atom. The van der Waals surface area contributed by atoms with E-state index in [4.69, 9.17) is 14.7 Å². The van der Waals surface area contributed by atoms with Crippen molar-refractivity contribution in [1.29, 1.82) is 5.26 Å². The van der Waals surface area contributed by atoms with Crippen LogP contribution in [0.5, 0.6) is 11.5 Å². The van der Waals surface area contributed by atoms with E-state index in [1.54, 1.807) is 48.5 Å². The van der Waals surface area contributed by atoms with E-state index in [1.807, 2.05) is 0 Å². The fourth-order valence-electron chi connectivity index (χ4n) is 1.89. The second-order valence-electron chi connectivity index (χ2n) is 4.53. The number of benzene rings is 2. The minimum Gasteiger partial charge on any atom is -0.497 e. The highest BCUT2D eigenvalue weighted by Crippen LogP contribution is 2.23. The topological polar surface area (TPSA) is 59.3 Å². The molecule has 22 heavy (non-hydrogen) atoms. The SMILES string of the molecule is COc1cc(OC)cc(C(=O)C=Cc2ccc(C#N)cc2)c1. The molecule has 0 atom stereocenters. The van der Waals surface area contributed by atoms with Crippen molar-refractivity contribution in [2.45, 2.75) is 0 Å². The van der Waals surface area contributed by atoms with Gasteiger partial charge < -0.3 is 9.47 Å². The maximum atomic E-state index is 12.2. The molecule has 0 fully saturated rings. The van der Waals surface area contributed by atoms with Crippen molar-refractivity contribution in [1.82, 2.24) is 0 Å². The van der Waals surface area contributed by atoms with E-state index < -0.39 is 0 Å². The van der Waals surface area contributed by atoms with E-state index in [9.17, 15) is 4.79 Å². The lowest BCUT2D eigenvalue weighted by molar-refractivity contribution is 0.104. The third-order valence-electron chi connectivity index (χ3n) is 3.10. The number of nitriles is 1. The smallest absolute Gasteiger partial charge is 0.186 e. The second-order valence-corrected chi connectivity index (χ2v) is 4.53. The third-order valence-corrected chi connectivity index (χ3v) is 3.10. The van der Waals surface area contributed by atoms with E-state index in [1.165, 1.54) is 20.3 Å². The fraction of sp³-hybridized carbons (Fsp3) is 0.111. The molecule has 0 amide bonds. The highest BCUT2D eigenvalue weighted by atomic mass is 16.5. The minimum absolute atomic E-state index is 0.151. The number of nitrogens with zero attached hydrogens (tertiary/aromatic N) is 1. The molecule has 0 bridgehead atoms. The molecule has 0 N–H and O–H groups in total. The van der Waals surface area contributed by atoms with E-state index in [-0.39, 0.29) is 5.78 Å². The lowest BCUT2D eigenvalue weighted by Crippen LogP contribution is -1.97. The molecule has 2 rings (SSSR count). The van der Waals surface area contributed by atoms with Gasteiger partial charge >= 0.3 is 0 Å². The van der Waals surface area contributed by atoms with E-state index in [0.29, 0.717) is 22.6 Å². The molecule has 0 saturated heterocycles. The molecule has 0 aliphatic carbocycles. The average molecular weight is 293 g/mol. The Morgan fingerprint density at radius 3 is 2.14 bits per heavy atom. The highest BCUT2D eigenvalue weighted by Gasteiger charge is 2.07. The summed E-state index contributed by atoms with van der Waals surface area (Å²) in [6, 6.07) is 14.1. The first kappa shape index (κ1) is 15.3. The Hall–Kier alpha value is -3.06. The predicted molar refractivity (Wildman–Crippen MR) is 84.1 cm³/mol. The summed E-state index contributed by atoms with van der Waals surface area (Å²) in [7, 11) is 3.07. The highest BCUT2D eigenvalue weighted by molar-refractivity contribution is 6.07. The predicted octanol–water partition coefficient (Wildman–Crippen LogP) is 3.47. The van der Waals surface area contributed by atoms with Crippen LogP contribution in [0.3, 0.4) is 0 Å². The van der Waals surface area contributed by atoms with Crippen molar-refractivity contribution in [3.63, 3.8) is 0 Å². The van der Waals surface area contributed by atoms with Gasteiger partial charge in [-0.3, -0.25) is 4.79 Å². The van der Waals surface area contributed by atoms with Gasteiger partial charge in [-0.05, 0) is 35.9 Å². The van der Waals surface area contributed by atoms with Gasteiger partial charge in [-0.2, -0.15) is 5.26 Å². The van der Waals surface area contributed by atoms with Crippen molar-refractivity contribution < 1.29 is 14.3 Å². The normalized spacial score (nSPS) is 10.2. The zero-order valence-electron chi connectivity index (χ0n) is 12.4. The van der Waals surface area contributed by atoms with Gasteiger partial charge in [-0.15, -0.1) is 0 Å². The van der Waals surface area contributed by atoms with Crippen LogP contribution in [0, 0.1) is 11.3 Å². The number of allylic oxidation sites excluding steroid dienone is 1. The van der Waals surface area contributed by atoms with Crippen molar-refractivity contribution in [2.24, 2.45) is 0 Å². The molecular formula is C18H15NO3. The van der Waals surface area contributed by atoms with Gasteiger partial charge in [0, 0.05) is 11.6 Å². The molecule has 2 aromatic rings. The number of hydrogen-bond donors (Lipinski definition) is 0. The standard InChI is InChI=1S/C18H15NO3/c1-21-16-9-15(10-17(11-16)22-2)18(20)8-7-13-3-5-14(12-19)6-4-13/h3-11H,1-2H3. The van der Waals surface area contributed by atoms with Gasteiger partial charge in [0.1, 0.15) is 11.5 Å². The molecule has 2 aromatic carbocycles. The number of rotatable bonds is 5. The van der Waals surface area contributed by atoms with Gasteiger partial charge in [0.25, 0.3) is 0 Å². The van der Waals surface area contributed by atoms with Crippen molar-refractivity contribution >= 4 is 11.9 Å². The number of carbonyl (C=O) groups excluding carboxylic acids is 1. The largest absolute Gasteiger partial charge is 0.497 e. The number of ether oxygens (including phenoxy) is 2. The van der Waals surface area contributed by atoms with Gasteiger partial charge in [-0.1, -0.05) is 18.2 Å². The molecule has 4 heteroatoms. The third kappa shape index (κ3) is 3.74. The van der Waals surface area contributed by atoms with Crippen LogP contribution in [0.15, 0.2) is 48.5 Å². The van der Waals surface area contributed by atoms with Crippen molar-refractivity contribution in [2.75, 3.05) is 14.2 Å². The molecule has 0 aromatic heterocycles. The Labute approximate surface area is 129 Å². The van der Waals surface area contributed by atoms with Crippen molar-refractivity contribution in [3.05, 3.63) is 65.2 Å². The molecule has 0 aliphatic heterocycles. The first-order chi connectivity index (χ1) is 10.7. The lowest BCUT2D eigenvalue weighted by Gasteiger charge is -2.06. The van der Waals surface area contributed by atoms with Crippen LogP contribution >= 0.6 is 0 Å². The summed E-state index contributed by atoms with van der Waals surface area (Å²) in [5.41, 5.74) is 1.92. The van der Waals surface area contributed by atoms with Crippen LogP contribution in [0.1, 0.15) is 21.5 Å². The summed E-state index contributed by atoms with van der Waals surface area (Å²) < 4.78 is 10.3. The molecule has 0 saturated carbocycles. The average Bonchev–Trinajstić information content (AvgIpc) is 2.59. The zero-order valence-corrected chi connectivity index (χ0v) is 12.4. The first-order valence-electron chi connectivity index (χ1n) is 6.62. The van der Waals surface area contributed by atoms with E-state index in [0.717, 1.165) is 5.56 Å². The first-order valence-corrected chi connectivity index (χ1v) is 6.62. The van der Waals surface area contributed by atoms with Crippen LogP contribution < -0.4 is 9.47 Å². The minimum atomic E-state index is -0.151. The number of methoxy groups -OCH3 is 2. The number of hydrogen-bond acceptors (Lipinski definition) is 4. The molecule has 0 heterocycles. The Morgan fingerprint density at radius 1 is 1.05 bits per heavy atom. The maximum absolute atomic E-state index is 12.2. The van der Waals surface area contributed by atoms with Crippen molar-refractivity contribution in [3.8, 4) is 17.6 Å². The van der Waals surface area contributed by atoms with Crippen LogP contribution in [-0.2, 0) is 0 Å². The maximum Gasteiger partial charge on any atom is 0.186 e. The summed E-state index contributed by atoms with van der Waals surface area (Å²) in [4.78, 5) is 12.2. The molecule has 0 spiro atoms. The summed E-state index contributed by atoms with van der Waals surface area (Å²) >= 11 is 0. The summed E-state index contributed by atoms with van der Waals surface area (Å²) in [5.74, 6) is 0.977. The number of ketones is 1. The van der Waals surface area contributed by atoms with E-state index >= 15 is 0 Å². The van der Waals surface area contributed by atoms with Gasteiger partial charge in [0.15, 0.2) is 5.78 Å². The molecule has 0 radical (unpaired) electrons.